The summed E-state index contributed by atoms with van der Waals surface area (Å²) in [5.74, 6) is 0.914. The van der Waals surface area contributed by atoms with Gasteiger partial charge in [-0.15, -0.1) is 10.2 Å². The van der Waals surface area contributed by atoms with Gasteiger partial charge in [0.05, 0.1) is 6.54 Å². The summed E-state index contributed by atoms with van der Waals surface area (Å²) in [6, 6.07) is 6.19. The number of aromatic nitrogens is 3. The third-order valence-corrected chi connectivity index (χ3v) is 3.28. The van der Waals surface area contributed by atoms with Crippen LogP contribution < -0.4 is 5.32 Å². The van der Waals surface area contributed by atoms with E-state index < -0.39 is 0 Å². The minimum Gasteiger partial charge on any atom is -0.378 e. The van der Waals surface area contributed by atoms with E-state index in [1.807, 2.05) is 11.6 Å². The number of halogens is 1. The molecule has 0 bridgehead atoms. The summed E-state index contributed by atoms with van der Waals surface area (Å²) in [7, 11) is 1.93. The summed E-state index contributed by atoms with van der Waals surface area (Å²) in [4.78, 5) is 0. The smallest absolute Gasteiger partial charge is 0.151 e. The van der Waals surface area contributed by atoms with Gasteiger partial charge in [-0.2, -0.15) is 0 Å². The van der Waals surface area contributed by atoms with Crippen LogP contribution >= 0.6 is 15.9 Å². The van der Waals surface area contributed by atoms with Gasteiger partial charge < -0.3 is 9.88 Å². The molecule has 2 rings (SSSR count). The maximum atomic E-state index is 4.01. The summed E-state index contributed by atoms with van der Waals surface area (Å²) >= 11 is 3.51. The Balaban J connectivity index is 2.05. The van der Waals surface area contributed by atoms with Gasteiger partial charge in [-0.05, 0) is 24.6 Å². The van der Waals surface area contributed by atoms with Crippen LogP contribution in [0.5, 0.6) is 0 Å². The van der Waals surface area contributed by atoms with E-state index in [0.717, 1.165) is 16.0 Å². The molecule has 0 spiro atoms. The first-order valence-electron chi connectivity index (χ1n) is 4.99. The van der Waals surface area contributed by atoms with Crippen molar-refractivity contribution in [3.05, 3.63) is 40.4 Å². The van der Waals surface area contributed by atoms with Crippen molar-refractivity contribution in [3.8, 4) is 0 Å². The zero-order chi connectivity index (χ0) is 11.5. The number of benzene rings is 1. The number of nitrogens with one attached hydrogen (secondary N) is 1. The first-order chi connectivity index (χ1) is 7.66. The molecule has 0 saturated carbocycles. The van der Waals surface area contributed by atoms with Crippen molar-refractivity contribution in [2.75, 3.05) is 5.32 Å². The van der Waals surface area contributed by atoms with E-state index in [1.165, 1.54) is 5.56 Å². The maximum absolute atomic E-state index is 4.01. The number of aryl methyl sites for hydroxylation is 2. The highest BCUT2D eigenvalue weighted by Gasteiger charge is 2.01. The fourth-order valence-corrected chi connectivity index (χ4v) is 1.73. The van der Waals surface area contributed by atoms with Crippen LogP contribution in [0, 0.1) is 6.92 Å². The van der Waals surface area contributed by atoms with Gasteiger partial charge in [0.2, 0.25) is 0 Å². The first kappa shape index (κ1) is 11.1. The molecule has 0 aliphatic carbocycles. The average Bonchev–Trinajstić information content (AvgIpc) is 2.66. The lowest BCUT2D eigenvalue weighted by molar-refractivity contribution is 0.812. The van der Waals surface area contributed by atoms with Gasteiger partial charge in [0, 0.05) is 17.2 Å². The van der Waals surface area contributed by atoms with Crippen LogP contribution in [0.25, 0.3) is 0 Å². The van der Waals surface area contributed by atoms with E-state index >= 15 is 0 Å². The summed E-state index contributed by atoms with van der Waals surface area (Å²) in [6.45, 7) is 2.74. The molecule has 1 aromatic heterocycles. The molecule has 0 saturated heterocycles. The Morgan fingerprint density at radius 2 is 2.25 bits per heavy atom. The van der Waals surface area contributed by atoms with Gasteiger partial charge in [-0.25, -0.2) is 0 Å². The van der Waals surface area contributed by atoms with Crippen molar-refractivity contribution in [1.29, 1.82) is 0 Å². The average molecular weight is 281 g/mol. The zero-order valence-corrected chi connectivity index (χ0v) is 10.8. The second kappa shape index (κ2) is 4.65. The quantitative estimate of drug-likeness (QED) is 0.940. The second-order valence-electron chi connectivity index (χ2n) is 3.68. The predicted octanol–water partition coefficient (Wildman–Crippen LogP) is 2.50. The highest BCUT2D eigenvalue weighted by Crippen LogP contribution is 2.20. The molecule has 0 amide bonds. The number of anilines is 1. The lowest BCUT2D eigenvalue weighted by Crippen LogP contribution is -2.05. The molecule has 0 aliphatic heterocycles. The Labute approximate surface area is 103 Å². The molecule has 2 aromatic rings. The second-order valence-corrected chi connectivity index (χ2v) is 4.53. The van der Waals surface area contributed by atoms with Crippen LogP contribution in [-0.4, -0.2) is 14.8 Å². The SMILES string of the molecule is Cc1ccc(NCc2nncn2C)cc1Br. The molecule has 16 heavy (non-hydrogen) atoms. The normalized spacial score (nSPS) is 10.4. The van der Waals surface area contributed by atoms with Crippen LogP contribution in [0.4, 0.5) is 5.69 Å². The molecular weight excluding hydrogens is 268 g/mol. The van der Waals surface area contributed by atoms with Gasteiger partial charge in [0.1, 0.15) is 6.33 Å². The zero-order valence-electron chi connectivity index (χ0n) is 9.24. The summed E-state index contributed by atoms with van der Waals surface area (Å²) < 4.78 is 3.01. The minimum absolute atomic E-state index is 0.673. The fraction of sp³-hybridized carbons (Fsp3) is 0.273. The molecule has 0 radical (unpaired) electrons. The topological polar surface area (TPSA) is 42.7 Å². The van der Waals surface area contributed by atoms with Crippen LogP contribution in [0.3, 0.4) is 0 Å². The molecule has 0 aliphatic rings. The third-order valence-electron chi connectivity index (χ3n) is 2.43. The minimum atomic E-state index is 0.673. The van der Waals surface area contributed by atoms with E-state index in [2.05, 4.69) is 56.6 Å². The van der Waals surface area contributed by atoms with Crippen molar-refractivity contribution in [2.45, 2.75) is 13.5 Å². The Kier molecular flexibility index (Phi) is 3.24. The van der Waals surface area contributed by atoms with E-state index in [1.54, 1.807) is 6.33 Å². The molecule has 5 heteroatoms. The highest BCUT2D eigenvalue weighted by atomic mass is 79.9. The summed E-state index contributed by atoms with van der Waals surface area (Å²) in [6.07, 6.45) is 1.70. The molecule has 1 aromatic carbocycles. The van der Waals surface area contributed by atoms with Crippen molar-refractivity contribution < 1.29 is 0 Å². The van der Waals surface area contributed by atoms with Crippen LogP contribution in [0.2, 0.25) is 0 Å². The Morgan fingerprint density at radius 1 is 1.44 bits per heavy atom. The van der Waals surface area contributed by atoms with Crippen molar-refractivity contribution in [2.24, 2.45) is 7.05 Å². The van der Waals surface area contributed by atoms with Gasteiger partial charge in [-0.3, -0.25) is 0 Å². The fourth-order valence-electron chi connectivity index (χ4n) is 1.35. The van der Waals surface area contributed by atoms with Crippen LogP contribution in [0.15, 0.2) is 29.0 Å². The molecule has 84 valence electrons. The number of rotatable bonds is 3. The lowest BCUT2D eigenvalue weighted by atomic mass is 10.2. The van der Waals surface area contributed by atoms with Gasteiger partial charge in [0.15, 0.2) is 5.82 Å². The summed E-state index contributed by atoms with van der Waals surface area (Å²) in [5, 5.41) is 11.1. The van der Waals surface area contributed by atoms with Crippen molar-refractivity contribution >= 4 is 21.6 Å². The van der Waals surface area contributed by atoms with Crippen LogP contribution in [0.1, 0.15) is 11.4 Å². The van der Waals surface area contributed by atoms with E-state index in [4.69, 9.17) is 0 Å². The molecule has 1 heterocycles. The summed E-state index contributed by atoms with van der Waals surface area (Å²) in [5.41, 5.74) is 2.30. The number of hydrogen-bond donors (Lipinski definition) is 1. The Morgan fingerprint density at radius 3 is 2.88 bits per heavy atom. The molecule has 0 atom stereocenters. The van der Waals surface area contributed by atoms with Crippen LogP contribution in [-0.2, 0) is 13.6 Å². The van der Waals surface area contributed by atoms with Crippen molar-refractivity contribution in [3.63, 3.8) is 0 Å². The van der Waals surface area contributed by atoms with Gasteiger partial charge in [-0.1, -0.05) is 22.0 Å². The molecule has 0 fully saturated rings. The number of nitrogens with zero attached hydrogens (tertiary/aromatic N) is 3. The first-order valence-corrected chi connectivity index (χ1v) is 5.79. The monoisotopic (exact) mass is 280 g/mol. The van der Waals surface area contributed by atoms with E-state index in [9.17, 15) is 0 Å². The van der Waals surface area contributed by atoms with Crippen molar-refractivity contribution in [1.82, 2.24) is 14.8 Å². The standard InChI is InChI=1S/C11H13BrN4/c1-8-3-4-9(5-10(8)12)13-6-11-15-14-7-16(11)2/h3-5,7,13H,6H2,1-2H3. The lowest BCUT2D eigenvalue weighted by Gasteiger charge is -2.07. The van der Waals surface area contributed by atoms with E-state index in [-0.39, 0.29) is 0 Å². The van der Waals surface area contributed by atoms with E-state index in [0.29, 0.717) is 6.54 Å². The number of hydrogen-bond acceptors (Lipinski definition) is 3. The third kappa shape index (κ3) is 2.41. The van der Waals surface area contributed by atoms with Gasteiger partial charge >= 0.3 is 0 Å². The Hall–Kier alpha value is -1.36. The molecular formula is C11H13BrN4. The Bertz CT molecular complexity index is 492. The molecule has 1 N–H and O–H groups in total. The predicted molar refractivity (Wildman–Crippen MR) is 67.2 cm³/mol. The maximum Gasteiger partial charge on any atom is 0.151 e. The highest BCUT2D eigenvalue weighted by molar-refractivity contribution is 9.10. The van der Waals surface area contributed by atoms with Gasteiger partial charge in [0.25, 0.3) is 0 Å². The largest absolute Gasteiger partial charge is 0.378 e. The molecule has 0 unspecified atom stereocenters. The molecule has 4 nitrogen and oxygen atoms in total.